The molecular weight excluding hydrogens is 432 g/mol. The maximum atomic E-state index is 12.3. The number of hydrogen-bond donors (Lipinski definition) is 0. The van der Waals surface area contributed by atoms with Crippen LogP contribution in [0.25, 0.3) is 6.08 Å². The number of esters is 2. The number of hydrogen-bond acceptors (Lipinski definition) is 9. The summed E-state index contributed by atoms with van der Waals surface area (Å²) in [7, 11) is 0. The first kappa shape index (κ1) is 24.9. The number of rotatable bonds is 10. The minimum Gasteiger partial charge on any atom is -0.490 e. The Kier molecular flexibility index (Phi) is 8.94. The fraction of sp³-hybridized carbons (Fsp3) is 0.261. The van der Waals surface area contributed by atoms with Crippen molar-refractivity contribution < 1.29 is 33.5 Å². The van der Waals surface area contributed by atoms with Crippen LogP contribution in [0.5, 0.6) is 17.2 Å². The largest absolute Gasteiger partial charge is 0.490 e. The molecule has 33 heavy (non-hydrogen) atoms. The molecule has 2 aromatic rings. The van der Waals surface area contributed by atoms with Crippen molar-refractivity contribution in [3.05, 3.63) is 63.2 Å². The van der Waals surface area contributed by atoms with Crippen molar-refractivity contribution in [3.8, 4) is 23.3 Å². The minimum absolute atomic E-state index is 0.0829. The molecule has 0 spiro atoms. The number of ether oxygens (including phenoxy) is 4. The molecule has 0 N–H and O–H groups in total. The van der Waals surface area contributed by atoms with E-state index in [0.29, 0.717) is 16.9 Å². The third-order valence-electron chi connectivity index (χ3n) is 4.13. The van der Waals surface area contributed by atoms with E-state index in [1.165, 1.54) is 36.4 Å². The number of benzene rings is 2. The van der Waals surface area contributed by atoms with Crippen molar-refractivity contribution in [2.45, 2.75) is 20.8 Å². The first-order chi connectivity index (χ1) is 15.8. The predicted octanol–water partition coefficient (Wildman–Crippen LogP) is 3.76. The lowest BCUT2D eigenvalue weighted by atomic mass is 10.1. The van der Waals surface area contributed by atoms with Crippen LogP contribution in [-0.4, -0.2) is 36.7 Å². The van der Waals surface area contributed by atoms with Gasteiger partial charge in [0.2, 0.25) is 0 Å². The van der Waals surface area contributed by atoms with E-state index in [1.807, 2.05) is 0 Å². The van der Waals surface area contributed by atoms with Crippen molar-refractivity contribution in [2.24, 2.45) is 0 Å². The molecule has 0 aromatic heterocycles. The van der Waals surface area contributed by atoms with Gasteiger partial charge in [-0.2, -0.15) is 5.26 Å². The second kappa shape index (κ2) is 11.9. The van der Waals surface area contributed by atoms with Gasteiger partial charge in [0.1, 0.15) is 17.4 Å². The van der Waals surface area contributed by atoms with Crippen molar-refractivity contribution in [2.75, 3.05) is 19.8 Å². The third-order valence-corrected chi connectivity index (χ3v) is 4.13. The van der Waals surface area contributed by atoms with Gasteiger partial charge < -0.3 is 18.9 Å². The van der Waals surface area contributed by atoms with E-state index in [2.05, 4.69) is 0 Å². The van der Waals surface area contributed by atoms with Crippen LogP contribution in [0.15, 0.2) is 42.0 Å². The number of aryl methyl sites for hydroxylation is 1. The van der Waals surface area contributed by atoms with Crippen LogP contribution in [0.1, 0.15) is 25.0 Å². The summed E-state index contributed by atoms with van der Waals surface area (Å²) in [6, 6.07) is 10.3. The molecule has 0 aliphatic rings. The van der Waals surface area contributed by atoms with Crippen molar-refractivity contribution in [1.82, 2.24) is 0 Å². The van der Waals surface area contributed by atoms with Gasteiger partial charge in [-0.25, -0.2) is 9.59 Å². The van der Waals surface area contributed by atoms with Gasteiger partial charge in [-0.15, -0.1) is 0 Å². The van der Waals surface area contributed by atoms with Crippen LogP contribution in [0.2, 0.25) is 0 Å². The maximum Gasteiger partial charge on any atom is 0.349 e. The van der Waals surface area contributed by atoms with E-state index in [4.69, 9.17) is 18.9 Å². The Labute approximate surface area is 190 Å². The predicted molar refractivity (Wildman–Crippen MR) is 117 cm³/mol. The van der Waals surface area contributed by atoms with E-state index in [1.54, 1.807) is 32.9 Å². The van der Waals surface area contributed by atoms with Crippen LogP contribution in [0.3, 0.4) is 0 Å². The second-order valence-electron chi connectivity index (χ2n) is 6.50. The highest BCUT2D eigenvalue weighted by Crippen LogP contribution is 2.30. The first-order valence-corrected chi connectivity index (χ1v) is 9.93. The summed E-state index contributed by atoms with van der Waals surface area (Å²) < 4.78 is 21.1. The molecule has 0 aliphatic carbocycles. The van der Waals surface area contributed by atoms with E-state index in [0.717, 1.165) is 0 Å². The summed E-state index contributed by atoms with van der Waals surface area (Å²) >= 11 is 0. The fourth-order valence-corrected chi connectivity index (χ4v) is 2.68. The van der Waals surface area contributed by atoms with Crippen molar-refractivity contribution in [1.29, 1.82) is 5.26 Å². The topological polar surface area (TPSA) is 138 Å². The van der Waals surface area contributed by atoms with E-state index >= 15 is 0 Å². The molecule has 0 aliphatic heterocycles. The molecule has 172 valence electrons. The zero-order valence-electron chi connectivity index (χ0n) is 18.3. The number of nitriles is 1. The van der Waals surface area contributed by atoms with Crippen LogP contribution in [0, 0.1) is 28.4 Å². The Bertz CT molecular complexity index is 1120. The number of nitro groups is 1. The number of carbonyl (C=O) groups is 2. The zero-order chi connectivity index (χ0) is 24.4. The fourth-order valence-electron chi connectivity index (χ4n) is 2.68. The average molecular weight is 454 g/mol. The standard InChI is InChI=1S/C23H22N2O8/c1-4-30-21-12-16(11-17(13-24)23(27)31-5-2)6-8-20(21)33-22(26)14-32-19-9-7-18(25(28)29)10-15(19)3/h6-12H,4-5,14H2,1-3H3/b17-11+. The van der Waals surface area contributed by atoms with Gasteiger partial charge in [0, 0.05) is 12.1 Å². The lowest BCUT2D eigenvalue weighted by molar-refractivity contribution is -0.384. The summed E-state index contributed by atoms with van der Waals surface area (Å²) in [6.45, 7) is 4.98. The van der Waals surface area contributed by atoms with E-state index in [-0.39, 0.29) is 36.0 Å². The van der Waals surface area contributed by atoms with E-state index in [9.17, 15) is 25.0 Å². The number of non-ortho nitro benzene ring substituents is 1. The molecule has 0 fully saturated rings. The Morgan fingerprint density at radius 2 is 1.79 bits per heavy atom. The summed E-state index contributed by atoms with van der Waals surface area (Å²) in [5.41, 5.74) is 0.704. The van der Waals surface area contributed by atoms with Gasteiger partial charge in [-0.05, 0) is 56.2 Å². The molecule has 0 amide bonds. The Hall–Kier alpha value is -4.39. The third kappa shape index (κ3) is 7.07. The van der Waals surface area contributed by atoms with Crippen molar-refractivity contribution in [3.63, 3.8) is 0 Å². The molecule has 0 unspecified atom stereocenters. The van der Waals surface area contributed by atoms with E-state index < -0.39 is 23.5 Å². The van der Waals surface area contributed by atoms with Gasteiger partial charge in [-0.1, -0.05) is 6.07 Å². The molecule has 0 bridgehead atoms. The summed E-state index contributed by atoms with van der Waals surface area (Å²) in [5, 5.41) is 20.0. The number of nitrogens with zero attached hydrogens (tertiary/aromatic N) is 2. The Balaban J connectivity index is 2.13. The normalized spacial score (nSPS) is 10.7. The van der Waals surface area contributed by atoms with Crippen LogP contribution >= 0.6 is 0 Å². The Morgan fingerprint density at radius 1 is 1.06 bits per heavy atom. The molecule has 0 radical (unpaired) electrons. The van der Waals surface area contributed by atoms with Crippen LogP contribution in [-0.2, 0) is 14.3 Å². The molecule has 10 heteroatoms. The summed E-state index contributed by atoms with van der Waals surface area (Å²) in [4.78, 5) is 34.4. The van der Waals surface area contributed by atoms with Gasteiger partial charge in [0.15, 0.2) is 18.1 Å². The molecule has 0 heterocycles. The second-order valence-corrected chi connectivity index (χ2v) is 6.50. The highest BCUT2D eigenvalue weighted by Gasteiger charge is 2.15. The number of carbonyl (C=O) groups excluding carboxylic acids is 2. The van der Waals surface area contributed by atoms with Gasteiger partial charge >= 0.3 is 11.9 Å². The van der Waals surface area contributed by atoms with Crippen molar-refractivity contribution >= 4 is 23.7 Å². The van der Waals surface area contributed by atoms with Gasteiger partial charge in [0.05, 0.1) is 18.1 Å². The SMILES string of the molecule is CCOC(=O)/C(C#N)=C/c1ccc(OC(=O)COc2ccc([N+](=O)[O-])cc2C)c(OCC)c1. The molecule has 0 atom stereocenters. The number of nitro benzene ring substituents is 1. The molecular formula is C23H22N2O8. The molecule has 0 saturated carbocycles. The van der Waals surface area contributed by atoms with Crippen LogP contribution in [0.4, 0.5) is 5.69 Å². The summed E-state index contributed by atoms with van der Waals surface area (Å²) in [5.74, 6) is -0.802. The Morgan fingerprint density at radius 3 is 2.39 bits per heavy atom. The highest BCUT2D eigenvalue weighted by atomic mass is 16.6. The van der Waals surface area contributed by atoms with Gasteiger partial charge in [-0.3, -0.25) is 10.1 Å². The first-order valence-electron chi connectivity index (χ1n) is 9.93. The lowest BCUT2D eigenvalue weighted by Gasteiger charge is -2.12. The zero-order valence-corrected chi connectivity index (χ0v) is 18.3. The average Bonchev–Trinajstić information content (AvgIpc) is 2.78. The smallest absolute Gasteiger partial charge is 0.349 e. The van der Waals surface area contributed by atoms with Crippen LogP contribution < -0.4 is 14.2 Å². The molecule has 0 saturated heterocycles. The quantitative estimate of drug-likeness (QED) is 0.131. The maximum absolute atomic E-state index is 12.3. The molecule has 10 nitrogen and oxygen atoms in total. The minimum atomic E-state index is -0.743. The molecule has 2 aromatic carbocycles. The highest BCUT2D eigenvalue weighted by molar-refractivity contribution is 5.98. The molecule has 2 rings (SSSR count). The lowest BCUT2D eigenvalue weighted by Crippen LogP contribution is -2.18. The monoisotopic (exact) mass is 454 g/mol. The summed E-state index contributed by atoms with van der Waals surface area (Å²) in [6.07, 6.45) is 1.34. The van der Waals surface area contributed by atoms with Gasteiger partial charge in [0.25, 0.3) is 5.69 Å².